The van der Waals surface area contributed by atoms with Gasteiger partial charge in [-0.15, -0.1) is 0 Å². The van der Waals surface area contributed by atoms with Gasteiger partial charge >= 0.3 is 6.18 Å². The molecule has 8 nitrogen and oxygen atoms in total. The van der Waals surface area contributed by atoms with Gasteiger partial charge in [-0.2, -0.15) is 13.2 Å². The average molecular weight is 474 g/mol. The van der Waals surface area contributed by atoms with Gasteiger partial charge in [-0.25, -0.2) is 4.98 Å². The molecule has 0 fully saturated rings. The molecule has 0 bridgehead atoms. The average Bonchev–Trinajstić information content (AvgIpc) is 3.43. The fourth-order valence-corrected chi connectivity index (χ4v) is 3.48. The van der Waals surface area contributed by atoms with Crippen LogP contribution in [0.5, 0.6) is 11.5 Å². The Hall–Kier alpha value is -4.02. The molecule has 178 valence electrons. The second-order valence-corrected chi connectivity index (χ2v) is 7.61. The van der Waals surface area contributed by atoms with Gasteiger partial charge in [0.15, 0.2) is 5.76 Å². The van der Waals surface area contributed by atoms with Crippen LogP contribution in [-0.4, -0.2) is 46.9 Å². The van der Waals surface area contributed by atoms with E-state index in [0.29, 0.717) is 22.7 Å². The highest BCUT2D eigenvalue weighted by Crippen LogP contribution is 2.36. The van der Waals surface area contributed by atoms with E-state index in [1.165, 1.54) is 14.2 Å². The minimum atomic E-state index is -4.59. The number of rotatable bonds is 6. The maximum Gasteiger partial charge on any atom is 0.408 e. The van der Waals surface area contributed by atoms with Crippen molar-refractivity contribution < 1.29 is 32.0 Å². The van der Waals surface area contributed by atoms with Crippen LogP contribution in [0.2, 0.25) is 0 Å². The van der Waals surface area contributed by atoms with Crippen LogP contribution in [0.15, 0.2) is 47.2 Å². The van der Waals surface area contributed by atoms with Crippen molar-refractivity contribution in [2.45, 2.75) is 26.1 Å². The Bertz CT molecular complexity index is 1340. The van der Waals surface area contributed by atoms with Gasteiger partial charge in [0.25, 0.3) is 5.91 Å². The Labute approximate surface area is 192 Å². The lowest BCUT2D eigenvalue weighted by Gasteiger charge is -2.20. The summed E-state index contributed by atoms with van der Waals surface area (Å²) in [6.07, 6.45) is -1.16. The van der Waals surface area contributed by atoms with Crippen LogP contribution < -0.4 is 14.8 Å². The number of nitrogens with one attached hydrogen (secondary N) is 1. The van der Waals surface area contributed by atoms with Gasteiger partial charge in [0, 0.05) is 23.4 Å². The van der Waals surface area contributed by atoms with Gasteiger partial charge in [0.05, 0.1) is 31.8 Å². The second kappa shape index (κ2) is 8.73. The van der Waals surface area contributed by atoms with Crippen LogP contribution in [0.25, 0.3) is 28.2 Å². The van der Waals surface area contributed by atoms with Crippen molar-refractivity contribution in [3.05, 3.63) is 54.0 Å². The van der Waals surface area contributed by atoms with Crippen LogP contribution in [-0.2, 0) is 0 Å². The monoisotopic (exact) mass is 474 g/mol. The number of nitrogens with zero attached hydrogens (tertiary/aromatic N) is 3. The van der Waals surface area contributed by atoms with Gasteiger partial charge in [-0.1, -0.05) is 5.16 Å². The van der Waals surface area contributed by atoms with Crippen molar-refractivity contribution in [3.63, 3.8) is 0 Å². The molecule has 0 aliphatic carbocycles. The normalized spacial score (nSPS) is 12.6. The van der Waals surface area contributed by atoms with Crippen molar-refractivity contribution in [3.8, 4) is 34.1 Å². The molecule has 0 saturated carbocycles. The number of halogens is 3. The molecule has 1 unspecified atom stereocenters. The van der Waals surface area contributed by atoms with E-state index in [4.69, 9.17) is 14.0 Å². The molecular formula is C23H21F3N4O4. The Balaban J connectivity index is 1.74. The van der Waals surface area contributed by atoms with Crippen molar-refractivity contribution in [1.29, 1.82) is 0 Å². The number of benzene rings is 1. The van der Waals surface area contributed by atoms with Crippen LogP contribution in [0.1, 0.15) is 23.0 Å². The molecule has 0 radical (unpaired) electrons. The van der Waals surface area contributed by atoms with E-state index in [1.54, 1.807) is 24.5 Å². The lowest BCUT2D eigenvalue weighted by atomic mass is 10.1. The molecular weight excluding hydrogens is 453 g/mol. The SMILES string of the molecule is COc1cc(-c2cnc3cc(-c4cc(C)no4)ccn23)cc(OC)c1C(=O)NC(C)C(F)(F)F. The summed E-state index contributed by atoms with van der Waals surface area (Å²) in [6.45, 7) is 2.69. The number of pyridine rings is 1. The lowest BCUT2D eigenvalue weighted by Crippen LogP contribution is -2.43. The number of aromatic nitrogens is 3. The fraction of sp³-hybridized carbons (Fsp3) is 0.261. The highest BCUT2D eigenvalue weighted by Gasteiger charge is 2.38. The van der Waals surface area contributed by atoms with E-state index in [2.05, 4.69) is 10.1 Å². The largest absolute Gasteiger partial charge is 0.496 e. The molecule has 0 aliphatic heterocycles. The van der Waals surface area contributed by atoms with E-state index in [9.17, 15) is 18.0 Å². The first-order chi connectivity index (χ1) is 16.1. The standard InChI is InChI=1S/C23H21F3N4O4/c1-12-7-17(34-29-12)14-5-6-30-16(11-27-20(30)10-14)15-8-18(32-3)21(19(9-15)33-4)22(31)28-13(2)23(24,25)26/h5-11,13H,1-4H3,(H,28,31). The van der Waals surface area contributed by atoms with Crippen molar-refractivity contribution >= 4 is 11.6 Å². The maximum atomic E-state index is 12.9. The smallest absolute Gasteiger partial charge is 0.408 e. The van der Waals surface area contributed by atoms with Gasteiger partial charge in [-0.3, -0.25) is 9.20 Å². The minimum absolute atomic E-state index is 0.0601. The third kappa shape index (κ3) is 4.28. The van der Waals surface area contributed by atoms with E-state index in [1.807, 2.05) is 34.8 Å². The first-order valence-electron chi connectivity index (χ1n) is 10.2. The number of amides is 1. The summed E-state index contributed by atoms with van der Waals surface area (Å²) in [5.74, 6) is -0.235. The molecule has 1 N–H and O–H groups in total. The van der Waals surface area contributed by atoms with E-state index in [0.717, 1.165) is 18.2 Å². The van der Waals surface area contributed by atoms with Gasteiger partial charge in [-0.05, 0) is 38.1 Å². The third-order valence-corrected chi connectivity index (χ3v) is 5.29. The topological polar surface area (TPSA) is 90.9 Å². The molecule has 1 atom stereocenters. The zero-order valence-corrected chi connectivity index (χ0v) is 18.7. The number of fused-ring (bicyclic) bond motifs is 1. The van der Waals surface area contributed by atoms with Gasteiger partial charge in [0.2, 0.25) is 0 Å². The molecule has 3 aromatic heterocycles. The number of methoxy groups -OCH3 is 2. The first-order valence-corrected chi connectivity index (χ1v) is 10.2. The third-order valence-electron chi connectivity index (χ3n) is 5.29. The molecule has 0 saturated heterocycles. The molecule has 1 amide bonds. The van der Waals surface area contributed by atoms with Crippen LogP contribution >= 0.6 is 0 Å². The number of hydrogen-bond acceptors (Lipinski definition) is 6. The van der Waals surface area contributed by atoms with E-state index >= 15 is 0 Å². The summed E-state index contributed by atoms with van der Waals surface area (Å²) in [7, 11) is 2.64. The maximum absolute atomic E-state index is 12.9. The number of alkyl halides is 3. The second-order valence-electron chi connectivity index (χ2n) is 7.61. The number of imidazole rings is 1. The number of hydrogen-bond donors (Lipinski definition) is 1. The first kappa shape index (κ1) is 23.1. The molecule has 3 heterocycles. The molecule has 4 rings (SSSR count). The van der Waals surface area contributed by atoms with Crippen LogP contribution in [0.4, 0.5) is 13.2 Å². The highest BCUT2D eigenvalue weighted by atomic mass is 19.4. The van der Waals surface area contributed by atoms with Crippen molar-refractivity contribution in [2.24, 2.45) is 0 Å². The summed E-state index contributed by atoms with van der Waals surface area (Å²) in [4.78, 5) is 17.1. The number of carbonyl (C=O) groups excluding carboxylic acids is 1. The van der Waals surface area contributed by atoms with Crippen LogP contribution in [0, 0.1) is 6.92 Å². The van der Waals surface area contributed by atoms with E-state index in [-0.39, 0.29) is 17.1 Å². The molecule has 4 aromatic rings. The van der Waals surface area contributed by atoms with Crippen LogP contribution in [0.3, 0.4) is 0 Å². The molecule has 34 heavy (non-hydrogen) atoms. The molecule has 0 spiro atoms. The highest BCUT2D eigenvalue weighted by molar-refractivity contribution is 6.01. The zero-order valence-electron chi connectivity index (χ0n) is 18.7. The zero-order chi connectivity index (χ0) is 24.6. The number of carbonyl (C=O) groups is 1. The summed E-state index contributed by atoms with van der Waals surface area (Å²) in [5, 5.41) is 5.83. The Morgan fingerprint density at radius 3 is 2.35 bits per heavy atom. The summed E-state index contributed by atoms with van der Waals surface area (Å²) < 4.78 is 56.6. The van der Waals surface area contributed by atoms with Gasteiger partial charge < -0.3 is 19.3 Å². The predicted octanol–water partition coefficient (Wildman–Crippen LogP) is 4.66. The fourth-order valence-electron chi connectivity index (χ4n) is 3.48. The Morgan fingerprint density at radius 1 is 1.12 bits per heavy atom. The van der Waals surface area contributed by atoms with Crippen molar-refractivity contribution in [2.75, 3.05) is 14.2 Å². The molecule has 11 heteroatoms. The summed E-state index contributed by atoms with van der Waals surface area (Å²) >= 11 is 0. The number of ether oxygens (including phenoxy) is 2. The summed E-state index contributed by atoms with van der Waals surface area (Å²) in [6, 6.07) is 6.54. The molecule has 1 aromatic carbocycles. The quantitative estimate of drug-likeness (QED) is 0.437. The predicted molar refractivity (Wildman–Crippen MR) is 117 cm³/mol. The van der Waals surface area contributed by atoms with Crippen molar-refractivity contribution in [1.82, 2.24) is 19.9 Å². The van der Waals surface area contributed by atoms with E-state index < -0.39 is 18.1 Å². The van der Waals surface area contributed by atoms with Gasteiger partial charge in [0.1, 0.15) is 28.8 Å². The lowest BCUT2D eigenvalue weighted by molar-refractivity contribution is -0.149. The Morgan fingerprint density at radius 2 is 1.79 bits per heavy atom. The minimum Gasteiger partial charge on any atom is -0.496 e. The Kier molecular flexibility index (Phi) is 5.94. The molecule has 0 aliphatic rings. The summed E-state index contributed by atoms with van der Waals surface area (Å²) in [5.41, 5.74) is 3.28. The number of aryl methyl sites for hydroxylation is 1.